The quantitative estimate of drug-likeness (QED) is 0.772. The van der Waals surface area contributed by atoms with Crippen LogP contribution in [0.3, 0.4) is 0 Å². The SMILES string of the molecule is S=c1nc(-c2ccco2)[nH]c2c1CSC2. The van der Waals surface area contributed by atoms with Gasteiger partial charge in [-0.3, -0.25) is 0 Å². The molecule has 15 heavy (non-hydrogen) atoms. The molecule has 3 rings (SSSR count). The van der Waals surface area contributed by atoms with E-state index in [1.807, 2.05) is 23.9 Å². The van der Waals surface area contributed by atoms with Crippen LogP contribution in [0.5, 0.6) is 0 Å². The number of furan rings is 1. The minimum absolute atomic E-state index is 0.695. The van der Waals surface area contributed by atoms with Gasteiger partial charge in [0.25, 0.3) is 0 Å². The highest BCUT2D eigenvalue weighted by atomic mass is 32.2. The van der Waals surface area contributed by atoms with E-state index in [0.717, 1.165) is 23.1 Å². The van der Waals surface area contributed by atoms with Crippen molar-refractivity contribution >= 4 is 24.0 Å². The molecule has 0 fully saturated rings. The normalized spacial score (nSPS) is 14.1. The minimum atomic E-state index is 0.695. The summed E-state index contributed by atoms with van der Waals surface area (Å²) in [7, 11) is 0. The Hall–Kier alpha value is -1.07. The fraction of sp³-hybridized carbons (Fsp3) is 0.200. The van der Waals surface area contributed by atoms with E-state index < -0.39 is 0 Å². The molecule has 3 heterocycles. The van der Waals surface area contributed by atoms with Gasteiger partial charge in [-0.25, -0.2) is 4.98 Å². The highest BCUT2D eigenvalue weighted by molar-refractivity contribution is 7.98. The zero-order valence-corrected chi connectivity index (χ0v) is 9.45. The van der Waals surface area contributed by atoms with Crippen molar-refractivity contribution in [3.63, 3.8) is 0 Å². The molecule has 0 unspecified atom stereocenters. The average molecular weight is 236 g/mol. The average Bonchev–Trinajstić information content (AvgIpc) is 2.88. The van der Waals surface area contributed by atoms with Crippen molar-refractivity contribution in [2.45, 2.75) is 11.5 Å². The fourth-order valence-corrected chi connectivity index (χ4v) is 3.05. The number of nitrogens with zero attached hydrogens (tertiary/aromatic N) is 1. The topological polar surface area (TPSA) is 41.8 Å². The summed E-state index contributed by atoms with van der Waals surface area (Å²) in [5.41, 5.74) is 2.36. The van der Waals surface area contributed by atoms with Crippen LogP contribution < -0.4 is 0 Å². The summed E-state index contributed by atoms with van der Waals surface area (Å²) >= 11 is 7.11. The summed E-state index contributed by atoms with van der Waals surface area (Å²) in [5, 5.41) is 0. The van der Waals surface area contributed by atoms with Crippen LogP contribution in [0.2, 0.25) is 0 Å². The number of aromatic nitrogens is 2. The van der Waals surface area contributed by atoms with Crippen molar-refractivity contribution in [3.05, 3.63) is 34.3 Å². The molecule has 0 spiro atoms. The Morgan fingerprint density at radius 2 is 2.40 bits per heavy atom. The predicted octanol–water partition coefficient (Wildman–Crippen LogP) is 3.15. The molecule has 0 saturated heterocycles. The van der Waals surface area contributed by atoms with Gasteiger partial charge in [0.2, 0.25) is 0 Å². The smallest absolute Gasteiger partial charge is 0.175 e. The molecule has 0 aromatic carbocycles. The minimum Gasteiger partial charge on any atom is -0.461 e. The van der Waals surface area contributed by atoms with Gasteiger partial charge < -0.3 is 9.40 Å². The molecule has 1 aliphatic heterocycles. The van der Waals surface area contributed by atoms with E-state index >= 15 is 0 Å². The lowest BCUT2D eigenvalue weighted by Crippen LogP contribution is -1.96. The van der Waals surface area contributed by atoms with E-state index in [2.05, 4.69) is 9.97 Å². The van der Waals surface area contributed by atoms with Crippen molar-refractivity contribution in [2.75, 3.05) is 0 Å². The van der Waals surface area contributed by atoms with Gasteiger partial charge in [-0.1, -0.05) is 12.2 Å². The van der Waals surface area contributed by atoms with Crippen molar-refractivity contribution in [3.8, 4) is 11.6 Å². The van der Waals surface area contributed by atoms with Gasteiger partial charge in [-0.05, 0) is 12.1 Å². The Balaban J connectivity index is 2.20. The lowest BCUT2D eigenvalue weighted by molar-refractivity contribution is 0.576. The number of thioether (sulfide) groups is 1. The summed E-state index contributed by atoms with van der Waals surface area (Å²) in [6, 6.07) is 3.72. The lowest BCUT2D eigenvalue weighted by atomic mass is 10.2. The molecular formula is C10H8N2OS2. The summed E-state index contributed by atoms with van der Waals surface area (Å²) in [5.74, 6) is 3.41. The van der Waals surface area contributed by atoms with E-state index in [4.69, 9.17) is 16.6 Å². The largest absolute Gasteiger partial charge is 0.461 e. The summed E-state index contributed by atoms with van der Waals surface area (Å²) in [4.78, 5) is 7.62. The molecule has 2 aromatic rings. The van der Waals surface area contributed by atoms with Crippen LogP contribution in [0.1, 0.15) is 11.3 Å². The number of fused-ring (bicyclic) bond motifs is 1. The maximum absolute atomic E-state index is 5.29. The van der Waals surface area contributed by atoms with Gasteiger partial charge in [-0.15, -0.1) is 0 Å². The number of H-pyrrole nitrogens is 1. The van der Waals surface area contributed by atoms with Gasteiger partial charge in [0.05, 0.1) is 6.26 Å². The number of hydrogen-bond donors (Lipinski definition) is 1. The van der Waals surface area contributed by atoms with Gasteiger partial charge in [0.15, 0.2) is 11.6 Å². The van der Waals surface area contributed by atoms with Crippen LogP contribution in [0.25, 0.3) is 11.6 Å². The summed E-state index contributed by atoms with van der Waals surface area (Å²) < 4.78 is 5.98. The Bertz CT molecular complexity index is 545. The van der Waals surface area contributed by atoms with Crippen molar-refractivity contribution in [2.24, 2.45) is 0 Å². The summed E-state index contributed by atoms with van der Waals surface area (Å²) in [6.45, 7) is 0. The van der Waals surface area contributed by atoms with Crippen LogP contribution in [-0.2, 0) is 11.5 Å². The third-order valence-corrected chi connectivity index (χ3v) is 3.68. The monoisotopic (exact) mass is 236 g/mol. The Morgan fingerprint density at radius 1 is 1.47 bits per heavy atom. The van der Waals surface area contributed by atoms with E-state index in [9.17, 15) is 0 Å². The second-order valence-electron chi connectivity index (χ2n) is 3.32. The maximum Gasteiger partial charge on any atom is 0.175 e. The summed E-state index contributed by atoms with van der Waals surface area (Å²) in [6.07, 6.45) is 1.63. The molecule has 2 aromatic heterocycles. The Kier molecular flexibility index (Phi) is 2.14. The maximum atomic E-state index is 5.29. The number of hydrogen-bond acceptors (Lipinski definition) is 4. The van der Waals surface area contributed by atoms with Gasteiger partial charge in [-0.2, -0.15) is 11.8 Å². The molecule has 1 aliphatic rings. The second-order valence-corrected chi connectivity index (χ2v) is 4.69. The zero-order chi connectivity index (χ0) is 10.3. The van der Waals surface area contributed by atoms with Crippen molar-refractivity contribution in [1.29, 1.82) is 0 Å². The highest BCUT2D eigenvalue weighted by Gasteiger charge is 2.16. The Labute approximate surface area is 95.9 Å². The van der Waals surface area contributed by atoms with Crippen LogP contribution in [-0.4, -0.2) is 9.97 Å². The molecular weight excluding hydrogens is 228 g/mol. The number of rotatable bonds is 1. The first-order valence-corrected chi connectivity index (χ1v) is 6.14. The molecule has 3 nitrogen and oxygen atoms in total. The fourth-order valence-electron chi connectivity index (χ4n) is 1.60. The molecule has 0 radical (unpaired) electrons. The van der Waals surface area contributed by atoms with Gasteiger partial charge in [0, 0.05) is 22.8 Å². The molecule has 76 valence electrons. The zero-order valence-electron chi connectivity index (χ0n) is 7.82. The van der Waals surface area contributed by atoms with Crippen LogP contribution >= 0.6 is 24.0 Å². The van der Waals surface area contributed by atoms with Crippen LogP contribution in [0.15, 0.2) is 22.8 Å². The third kappa shape index (κ3) is 1.52. The molecule has 1 N–H and O–H groups in total. The molecule has 0 atom stereocenters. The first-order chi connectivity index (χ1) is 7.34. The van der Waals surface area contributed by atoms with Crippen LogP contribution in [0.4, 0.5) is 0 Å². The van der Waals surface area contributed by atoms with Crippen molar-refractivity contribution in [1.82, 2.24) is 9.97 Å². The van der Waals surface area contributed by atoms with Crippen molar-refractivity contribution < 1.29 is 4.42 Å². The first-order valence-electron chi connectivity index (χ1n) is 4.58. The van der Waals surface area contributed by atoms with E-state index in [1.165, 1.54) is 11.3 Å². The number of aromatic amines is 1. The third-order valence-electron chi connectivity index (χ3n) is 2.35. The molecule has 0 amide bonds. The van der Waals surface area contributed by atoms with Gasteiger partial charge >= 0.3 is 0 Å². The highest BCUT2D eigenvalue weighted by Crippen LogP contribution is 2.30. The molecule has 0 saturated carbocycles. The number of nitrogens with one attached hydrogen (secondary N) is 1. The first kappa shape index (κ1) is 9.18. The standard InChI is InChI=1S/C10H8N2OS2/c14-10-6-4-15-5-7(6)11-9(12-10)8-2-1-3-13-8/h1-3H,4-5H2,(H,11,12,14). The van der Waals surface area contributed by atoms with Crippen LogP contribution in [0, 0.1) is 4.64 Å². The second kappa shape index (κ2) is 3.50. The molecule has 0 bridgehead atoms. The van der Waals surface area contributed by atoms with E-state index in [0.29, 0.717) is 4.64 Å². The Morgan fingerprint density at radius 3 is 3.20 bits per heavy atom. The lowest BCUT2D eigenvalue weighted by Gasteiger charge is -2.01. The molecule has 0 aliphatic carbocycles. The van der Waals surface area contributed by atoms with Gasteiger partial charge in [0.1, 0.15) is 4.64 Å². The van der Waals surface area contributed by atoms with E-state index in [1.54, 1.807) is 6.26 Å². The van der Waals surface area contributed by atoms with E-state index in [-0.39, 0.29) is 0 Å². The molecule has 5 heteroatoms. The predicted molar refractivity (Wildman–Crippen MR) is 62.1 cm³/mol.